The van der Waals surface area contributed by atoms with Crippen LogP contribution in [0.5, 0.6) is 0 Å². The Balaban J connectivity index is 1.99. The molecule has 0 amide bonds. The minimum absolute atomic E-state index is 0.0515. The second-order valence-electron chi connectivity index (χ2n) is 6.58. The number of hydrogen-bond donors (Lipinski definition) is 1. The summed E-state index contributed by atoms with van der Waals surface area (Å²) in [6.45, 7) is 4.10. The Labute approximate surface area is 132 Å². The number of hydrogen-bond acceptors (Lipinski definition) is 3. The Hall–Kier alpha value is -1.65. The fourth-order valence-corrected chi connectivity index (χ4v) is 5.02. The normalized spacial score (nSPS) is 20.4. The lowest BCUT2D eigenvalue weighted by atomic mass is 9.88. The van der Waals surface area contributed by atoms with E-state index < -0.39 is 15.2 Å². The SMILES string of the molecule is CC1(C)Cc2ccccc2C(S(=O)(=O)Cc2ccccc2)N1. The Morgan fingerprint density at radius 2 is 1.68 bits per heavy atom. The fourth-order valence-electron chi connectivity index (χ4n) is 3.08. The molecular formula is C18H21NO2S. The lowest BCUT2D eigenvalue weighted by molar-refractivity contribution is 0.348. The third kappa shape index (κ3) is 3.08. The number of fused-ring (bicyclic) bond motifs is 1. The molecule has 0 saturated heterocycles. The average molecular weight is 315 g/mol. The van der Waals surface area contributed by atoms with Gasteiger partial charge in [0.15, 0.2) is 9.84 Å². The third-order valence-electron chi connectivity index (χ3n) is 4.06. The van der Waals surface area contributed by atoms with Crippen molar-refractivity contribution >= 4 is 9.84 Å². The topological polar surface area (TPSA) is 46.2 Å². The molecule has 1 heterocycles. The first-order chi connectivity index (χ1) is 10.4. The molecule has 0 aliphatic carbocycles. The van der Waals surface area contributed by atoms with Gasteiger partial charge in [-0.3, -0.25) is 5.32 Å². The van der Waals surface area contributed by atoms with Crippen molar-refractivity contribution in [1.29, 1.82) is 0 Å². The molecule has 0 radical (unpaired) electrons. The van der Waals surface area contributed by atoms with Crippen LogP contribution in [0.1, 0.15) is 35.9 Å². The smallest absolute Gasteiger partial charge is 0.174 e. The number of rotatable bonds is 3. The van der Waals surface area contributed by atoms with E-state index >= 15 is 0 Å². The highest BCUT2D eigenvalue weighted by atomic mass is 32.2. The van der Waals surface area contributed by atoms with Gasteiger partial charge in [0.1, 0.15) is 5.37 Å². The van der Waals surface area contributed by atoms with Crippen molar-refractivity contribution in [2.24, 2.45) is 0 Å². The Morgan fingerprint density at radius 3 is 2.41 bits per heavy atom. The average Bonchev–Trinajstić information content (AvgIpc) is 2.46. The minimum atomic E-state index is -3.33. The molecule has 2 aromatic carbocycles. The van der Waals surface area contributed by atoms with Gasteiger partial charge < -0.3 is 0 Å². The van der Waals surface area contributed by atoms with Crippen LogP contribution in [0.25, 0.3) is 0 Å². The van der Waals surface area contributed by atoms with Crippen molar-refractivity contribution in [3.63, 3.8) is 0 Å². The molecule has 3 nitrogen and oxygen atoms in total. The largest absolute Gasteiger partial charge is 0.292 e. The van der Waals surface area contributed by atoms with Gasteiger partial charge in [-0.1, -0.05) is 54.6 Å². The highest BCUT2D eigenvalue weighted by Crippen LogP contribution is 2.34. The van der Waals surface area contributed by atoms with Gasteiger partial charge in [0, 0.05) is 5.54 Å². The molecule has 1 aliphatic heterocycles. The van der Waals surface area contributed by atoms with E-state index in [0.717, 1.165) is 23.1 Å². The predicted octanol–water partition coefficient (Wildman–Crippen LogP) is 3.22. The van der Waals surface area contributed by atoms with E-state index in [0.29, 0.717) is 0 Å². The predicted molar refractivity (Wildman–Crippen MR) is 89.2 cm³/mol. The van der Waals surface area contributed by atoms with Crippen molar-refractivity contribution in [2.75, 3.05) is 0 Å². The van der Waals surface area contributed by atoms with Crippen molar-refractivity contribution in [3.05, 3.63) is 71.3 Å². The zero-order chi connectivity index (χ0) is 15.8. The Morgan fingerprint density at radius 1 is 1.05 bits per heavy atom. The summed E-state index contributed by atoms with van der Waals surface area (Å²) in [5.41, 5.74) is 2.60. The van der Waals surface area contributed by atoms with Crippen molar-refractivity contribution in [1.82, 2.24) is 5.32 Å². The second kappa shape index (κ2) is 5.52. The molecule has 116 valence electrons. The Bertz CT molecular complexity index is 767. The lowest BCUT2D eigenvalue weighted by Crippen LogP contribution is -2.50. The van der Waals surface area contributed by atoms with Crippen molar-refractivity contribution in [2.45, 2.75) is 36.9 Å². The maximum atomic E-state index is 12.9. The van der Waals surface area contributed by atoms with Gasteiger partial charge in [-0.15, -0.1) is 0 Å². The van der Waals surface area contributed by atoms with Gasteiger partial charge in [0.2, 0.25) is 0 Å². The van der Waals surface area contributed by atoms with Gasteiger partial charge >= 0.3 is 0 Å². The van der Waals surface area contributed by atoms with E-state index in [1.807, 2.05) is 68.4 Å². The number of sulfone groups is 1. The molecular weight excluding hydrogens is 294 g/mol. The van der Waals surface area contributed by atoms with E-state index in [1.54, 1.807) is 0 Å². The van der Waals surface area contributed by atoms with E-state index in [2.05, 4.69) is 5.32 Å². The van der Waals surface area contributed by atoms with Crippen LogP contribution in [-0.2, 0) is 22.0 Å². The number of nitrogens with one attached hydrogen (secondary N) is 1. The van der Waals surface area contributed by atoms with E-state index in [9.17, 15) is 8.42 Å². The highest BCUT2D eigenvalue weighted by molar-refractivity contribution is 7.90. The van der Waals surface area contributed by atoms with Crippen LogP contribution in [0.4, 0.5) is 0 Å². The first-order valence-electron chi connectivity index (χ1n) is 7.48. The summed E-state index contributed by atoms with van der Waals surface area (Å²) in [4.78, 5) is 0. The third-order valence-corrected chi connectivity index (χ3v) is 5.89. The monoisotopic (exact) mass is 315 g/mol. The molecule has 1 aliphatic rings. The van der Waals surface area contributed by atoms with E-state index in [1.165, 1.54) is 0 Å². The molecule has 0 spiro atoms. The van der Waals surface area contributed by atoms with Crippen LogP contribution >= 0.6 is 0 Å². The zero-order valence-electron chi connectivity index (χ0n) is 12.9. The quantitative estimate of drug-likeness (QED) is 0.946. The molecule has 22 heavy (non-hydrogen) atoms. The minimum Gasteiger partial charge on any atom is -0.292 e. The maximum Gasteiger partial charge on any atom is 0.174 e. The molecule has 1 atom stereocenters. The molecule has 3 rings (SSSR count). The molecule has 0 saturated carbocycles. The molecule has 4 heteroatoms. The standard InChI is InChI=1S/C18H21NO2S/c1-18(2)12-15-10-6-7-11-16(15)17(19-18)22(20,21)13-14-8-4-3-5-9-14/h3-11,17,19H,12-13H2,1-2H3. The lowest BCUT2D eigenvalue weighted by Gasteiger charge is -2.38. The van der Waals surface area contributed by atoms with Crippen LogP contribution in [0, 0.1) is 0 Å². The van der Waals surface area contributed by atoms with Gasteiger partial charge in [-0.25, -0.2) is 8.42 Å². The first kappa shape index (κ1) is 15.3. The van der Waals surface area contributed by atoms with Gasteiger partial charge in [-0.05, 0) is 37.0 Å². The summed E-state index contributed by atoms with van der Waals surface area (Å²) in [5.74, 6) is 0.0515. The van der Waals surface area contributed by atoms with Crippen LogP contribution in [0.3, 0.4) is 0 Å². The van der Waals surface area contributed by atoms with Crippen LogP contribution in [-0.4, -0.2) is 14.0 Å². The summed E-state index contributed by atoms with van der Waals surface area (Å²) >= 11 is 0. The van der Waals surface area contributed by atoms with E-state index in [4.69, 9.17) is 0 Å². The molecule has 0 bridgehead atoms. The molecule has 1 N–H and O–H groups in total. The van der Waals surface area contributed by atoms with Gasteiger partial charge in [-0.2, -0.15) is 0 Å². The summed E-state index contributed by atoms with van der Waals surface area (Å²) in [5, 5.41) is 2.68. The first-order valence-corrected chi connectivity index (χ1v) is 9.20. The fraction of sp³-hybridized carbons (Fsp3) is 0.333. The highest BCUT2D eigenvalue weighted by Gasteiger charge is 2.38. The van der Waals surface area contributed by atoms with Crippen LogP contribution in [0.15, 0.2) is 54.6 Å². The zero-order valence-corrected chi connectivity index (χ0v) is 13.7. The summed E-state index contributed by atoms with van der Waals surface area (Å²) in [6, 6.07) is 17.2. The van der Waals surface area contributed by atoms with Crippen molar-refractivity contribution in [3.8, 4) is 0 Å². The summed E-state index contributed by atoms with van der Waals surface area (Å²) in [7, 11) is -3.33. The van der Waals surface area contributed by atoms with Crippen molar-refractivity contribution < 1.29 is 8.42 Å². The number of benzene rings is 2. The van der Waals surface area contributed by atoms with Crippen LogP contribution in [0.2, 0.25) is 0 Å². The maximum absolute atomic E-state index is 12.9. The molecule has 2 aromatic rings. The molecule has 1 unspecified atom stereocenters. The summed E-state index contributed by atoms with van der Waals surface area (Å²) in [6.07, 6.45) is 0.834. The Kier molecular flexibility index (Phi) is 3.83. The van der Waals surface area contributed by atoms with Crippen LogP contribution < -0.4 is 5.32 Å². The van der Waals surface area contributed by atoms with Gasteiger partial charge in [0.25, 0.3) is 0 Å². The molecule has 0 aromatic heterocycles. The summed E-state index contributed by atoms with van der Waals surface area (Å²) < 4.78 is 25.9. The second-order valence-corrected chi connectivity index (χ2v) is 8.66. The van der Waals surface area contributed by atoms with Gasteiger partial charge in [0.05, 0.1) is 5.75 Å². The van der Waals surface area contributed by atoms with E-state index in [-0.39, 0.29) is 11.3 Å². The molecule has 0 fully saturated rings.